The molecule has 2 saturated heterocycles. The zero-order valence-electron chi connectivity index (χ0n) is 14.7. The van der Waals surface area contributed by atoms with Crippen LogP contribution in [0.5, 0.6) is 0 Å². The van der Waals surface area contributed by atoms with Crippen LogP contribution in [0.3, 0.4) is 0 Å². The molecule has 24 heavy (non-hydrogen) atoms. The van der Waals surface area contributed by atoms with E-state index >= 15 is 0 Å². The van der Waals surface area contributed by atoms with Crippen LogP contribution in [0.4, 0.5) is 0 Å². The zero-order valence-corrected chi connectivity index (χ0v) is 14.7. The molecule has 0 spiro atoms. The minimum Gasteiger partial charge on any atom is -0.393 e. The average molecular weight is 326 g/mol. The molecule has 2 heterocycles. The van der Waals surface area contributed by atoms with Crippen molar-refractivity contribution in [2.45, 2.75) is 51.2 Å². The highest BCUT2D eigenvalue weighted by Crippen LogP contribution is 2.14. The molecule has 0 amide bonds. The molecule has 2 aliphatic heterocycles. The van der Waals surface area contributed by atoms with Gasteiger partial charge in [0.15, 0.2) is 0 Å². The Hall–Kier alpha value is -1.34. The Morgan fingerprint density at radius 3 is 2.58 bits per heavy atom. The van der Waals surface area contributed by atoms with Gasteiger partial charge in [-0.1, -0.05) is 30.4 Å². The quantitative estimate of drug-likeness (QED) is 0.862. The molecule has 1 aromatic rings. The van der Waals surface area contributed by atoms with E-state index in [-0.39, 0.29) is 6.10 Å². The van der Waals surface area contributed by atoms with Gasteiger partial charge < -0.3 is 10.0 Å². The molecule has 0 aromatic heterocycles. The van der Waals surface area contributed by atoms with E-state index in [1.165, 1.54) is 37.9 Å². The zero-order chi connectivity index (χ0) is 16.6. The Kier molecular flexibility index (Phi) is 6.72. The van der Waals surface area contributed by atoms with Crippen molar-refractivity contribution in [2.24, 2.45) is 0 Å². The fourth-order valence-corrected chi connectivity index (χ4v) is 3.64. The largest absolute Gasteiger partial charge is 0.393 e. The van der Waals surface area contributed by atoms with Gasteiger partial charge in [-0.25, -0.2) is 0 Å². The number of piperidine rings is 2. The Bertz CT molecular complexity index is 561. The topological polar surface area (TPSA) is 26.7 Å². The first-order valence-electron chi connectivity index (χ1n) is 9.50. The molecule has 2 fully saturated rings. The fourth-order valence-electron chi connectivity index (χ4n) is 3.64. The summed E-state index contributed by atoms with van der Waals surface area (Å²) in [5.41, 5.74) is 2.46. The minimum atomic E-state index is -0.0987. The summed E-state index contributed by atoms with van der Waals surface area (Å²) in [6.45, 7) is 6.57. The maximum Gasteiger partial charge on any atom is 0.0564 e. The van der Waals surface area contributed by atoms with Crippen molar-refractivity contribution in [1.29, 1.82) is 0 Å². The van der Waals surface area contributed by atoms with Gasteiger partial charge in [0.05, 0.1) is 6.10 Å². The summed E-state index contributed by atoms with van der Waals surface area (Å²) < 4.78 is 0. The molecule has 2 aliphatic rings. The monoisotopic (exact) mass is 326 g/mol. The van der Waals surface area contributed by atoms with E-state index in [1.807, 2.05) is 0 Å². The standard InChI is InChI=1S/C21H30N2O/c24-21-10-15-23(16-11-21)18-20-9-6-8-19(17-20)7-2-5-14-22-12-3-1-4-13-22/h6,8-9,17,21,24H,1,3-5,10-16,18H2. The van der Waals surface area contributed by atoms with Gasteiger partial charge in [-0.05, 0) is 56.5 Å². The summed E-state index contributed by atoms with van der Waals surface area (Å²) in [5, 5.41) is 9.60. The van der Waals surface area contributed by atoms with Crippen LogP contribution in [0.25, 0.3) is 0 Å². The average Bonchev–Trinajstić information content (AvgIpc) is 2.62. The van der Waals surface area contributed by atoms with Crippen molar-refractivity contribution in [3.63, 3.8) is 0 Å². The van der Waals surface area contributed by atoms with Crippen LogP contribution >= 0.6 is 0 Å². The summed E-state index contributed by atoms with van der Waals surface area (Å²) in [6, 6.07) is 8.63. The number of hydrogen-bond donors (Lipinski definition) is 1. The maximum atomic E-state index is 9.60. The van der Waals surface area contributed by atoms with Crippen molar-refractivity contribution in [3.05, 3.63) is 35.4 Å². The molecule has 0 unspecified atom stereocenters. The van der Waals surface area contributed by atoms with Gasteiger partial charge >= 0.3 is 0 Å². The van der Waals surface area contributed by atoms with Crippen LogP contribution in [-0.4, -0.2) is 53.7 Å². The first-order chi connectivity index (χ1) is 11.8. The van der Waals surface area contributed by atoms with Gasteiger partial charge in [-0.3, -0.25) is 4.90 Å². The van der Waals surface area contributed by atoms with Crippen molar-refractivity contribution in [2.75, 3.05) is 32.7 Å². The highest BCUT2D eigenvalue weighted by Gasteiger charge is 2.16. The van der Waals surface area contributed by atoms with E-state index in [0.717, 1.165) is 51.0 Å². The van der Waals surface area contributed by atoms with Gasteiger partial charge in [-0.15, -0.1) is 0 Å². The molecule has 130 valence electrons. The van der Waals surface area contributed by atoms with Crippen molar-refractivity contribution in [3.8, 4) is 11.8 Å². The van der Waals surface area contributed by atoms with Crippen molar-refractivity contribution in [1.82, 2.24) is 9.80 Å². The number of rotatable bonds is 4. The van der Waals surface area contributed by atoms with Crippen LogP contribution in [0.15, 0.2) is 24.3 Å². The third kappa shape index (κ3) is 5.63. The van der Waals surface area contributed by atoms with E-state index in [4.69, 9.17) is 0 Å². The van der Waals surface area contributed by atoms with Crippen molar-refractivity contribution < 1.29 is 5.11 Å². The Labute approximate surface area is 146 Å². The number of nitrogens with zero attached hydrogens (tertiary/aromatic N) is 2. The molecule has 0 radical (unpaired) electrons. The molecular formula is C21H30N2O. The maximum absolute atomic E-state index is 9.60. The molecule has 1 N–H and O–H groups in total. The number of aliphatic hydroxyl groups excluding tert-OH is 1. The molecule has 3 nitrogen and oxygen atoms in total. The number of benzene rings is 1. The minimum absolute atomic E-state index is 0.0987. The molecule has 3 heteroatoms. The smallest absolute Gasteiger partial charge is 0.0564 e. The van der Waals surface area contributed by atoms with E-state index in [9.17, 15) is 5.11 Å². The molecule has 0 bridgehead atoms. The van der Waals surface area contributed by atoms with Gasteiger partial charge in [0, 0.05) is 38.2 Å². The van der Waals surface area contributed by atoms with E-state index in [0.29, 0.717) is 0 Å². The van der Waals surface area contributed by atoms with Gasteiger partial charge in [0.1, 0.15) is 0 Å². The second-order valence-corrected chi connectivity index (χ2v) is 7.16. The van der Waals surface area contributed by atoms with E-state index < -0.39 is 0 Å². The molecular weight excluding hydrogens is 296 g/mol. The Balaban J connectivity index is 1.47. The van der Waals surface area contributed by atoms with Crippen LogP contribution < -0.4 is 0 Å². The van der Waals surface area contributed by atoms with Crippen LogP contribution in [-0.2, 0) is 6.54 Å². The third-order valence-corrected chi connectivity index (χ3v) is 5.12. The molecule has 0 aliphatic carbocycles. The fraction of sp³-hybridized carbons (Fsp3) is 0.619. The summed E-state index contributed by atoms with van der Waals surface area (Å²) in [6.07, 6.45) is 6.76. The number of hydrogen-bond acceptors (Lipinski definition) is 3. The summed E-state index contributed by atoms with van der Waals surface area (Å²) in [4.78, 5) is 4.97. The SMILES string of the molecule is OC1CCN(Cc2cccc(C#CCCN3CCCCC3)c2)CC1. The lowest BCUT2D eigenvalue weighted by Gasteiger charge is -2.29. The summed E-state index contributed by atoms with van der Waals surface area (Å²) in [5.74, 6) is 6.68. The first-order valence-corrected chi connectivity index (χ1v) is 9.50. The third-order valence-electron chi connectivity index (χ3n) is 5.12. The van der Waals surface area contributed by atoms with Crippen LogP contribution in [0.1, 0.15) is 49.7 Å². The first kappa shape index (κ1) is 17.5. The predicted octanol–water partition coefficient (Wildman–Crippen LogP) is 2.87. The van der Waals surface area contributed by atoms with Gasteiger partial charge in [-0.2, -0.15) is 0 Å². The van der Waals surface area contributed by atoms with Crippen LogP contribution in [0, 0.1) is 11.8 Å². The Morgan fingerprint density at radius 2 is 1.79 bits per heavy atom. The molecule has 0 atom stereocenters. The summed E-state index contributed by atoms with van der Waals surface area (Å²) >= 11 is 0. The summed E-state index contributed by atoms with van der Waals surface area (Å²) in [7, 11) is 0. The number of aliphatic hydroxyl groups is 1. The van der Waals surface area contributed by atoms with Crippen molar-refractivity contribution >= 4 is 0 Å². The normalized spacial score (nSPS) is 20.5. The highest BCUT2D eigenvalue weighted by atomic mass is 16.3. The second kappa shape index (κ2) is 9.22. The van der Waals surface area contributed by atoms with Gasteiger partial charge in [0.2, 0.25) is 0 Å². The predicted molar refractivity (Wildman–Crippen MR) is 98.7 cm³/mol. The van der Waals surface area contributed by atoms with Gasteiger partial charge in [0.25, 0.3) is 0 Å². The number of likely N-dealkylation sites (tertiary alicyclic amines) is 2. The second-order valence-electron chi connectivity index (χ2n) is 7.16. The Morgan fingerprint density at radius 1 is 1.00 bits per heavy atom. The lowest BCUT2D eigenvalue weighted by Crippen LogP contribution is -2.35. The van der Waals surface area contributed by atoms with E-state index in [2.05, 4.69) is 45.9 Å². The molecule has 0 saturated carbocycles. The highest BCUT2D eigenvalue weighted by molar-refractivity contribution is 5.37. The van der Waals surface area contributed by atoms with E-state index in [1.54, 1.807) is 0 Å². The molecule has 1 aromatic carbocycles. The van der Waals surface area contributed by atoms with Crippen LogP contribution in [0.2, 0.25) is 0 Å². The lowest BCUT2D eigenvalue weighted by molar-refractivity contribution is 0.0792. The lowest BCUT2D eigenvalue weighted by atomic mass is 10.1. The molecule has 3 rings (SSSR count).